The lowest BCUT2D eigenvalue weighted by molar-refractivity contribution is -0.0822. The van der Waals surface area contributed by atoms with Crippen molar-refractivity contribution in [2.45, 2.75) is 18.6 Å². The maximum absolute atomic E-state index is 9.45. The molecule has 4 aromatic rings. The quantitative estimate of drug-likeness (QED) is 0.434. The first-order valence-corrected chi connectivity index (χ1v) is 9.94. The smallest absolute Gasteiger partial charge is 0.223 e. The summed E-state index contributed by atoms with van der Waals surface area (Å²) in [6.07, 6.45) is 8.48. The normalized spacial score (nSPS) is 16.4. The van der Waals surface area contributed by atoms with Crippen LogP contribution in [0.2, 0.25) is 5.02 Å². The molecule has 0 amide bonds. The van der Waals surface area contributed by atoms with Crippen LogP contribution in [-0.4, -0.2) is 60.7 Å². The second-order valence-electron chi connectivity index (χ2n) is 7.45. The number of rotatable bonds is 6. The Morgan fingerprint density at radius 1 is 1.37 bits per heavy atom. The van der Waals surface area contributed by atoms with E-state index in [1.807, 2.05) is 29.2 Å². The number of nitrogens with one attached hydrogen (secondary N) is 2. The molecule has 154 valence electrons. The molecule has 4 aromatic heterocycles. The Hall–Kier alpha value is -3.01. The molecule has 0 bridgehead atoms. The Morgan fingerprint density at radius 2 is 2.23 bits per heavy atom. The van der Waals surface area contributed by atoms with Crippen molar-refractivity contribution in [1.82, 2.24) is 29.7 Å². The van der Waals surface area contributed by atoms with Gasteiger partial charge in [-0.3, -0.25) is 4.68 Å². The van der Waals surface area contributed by atoms with Crippen molar-refractivity contribution in [3.05, 3.63) is 53.7 Å². The zero-order chi connectivity index (χ0) is 20.7. The number of hydrogen-bond acceptors (Lipinski definition) is 7. The number of fused-ring (bicyclic) bond motifs is 1. The molecule has 0 unspecified atom stereocenters. The molecule has 30 heavy (non-hydrogen) atoms. The number of anilines is 1. The summed E-state index contributed by atoms with van der Waals surface area (Å²) in [5, 5.41) is 18.6. The zero-order valence-corrected chi connectivity index (χ0v) is 17.0. The number of ether oxygens (including phenoxy) is 1. The minimum atomic E-state index is -0.488. The van der Waals surface area contributed by atoms with E-state index in [1.54, 1.807) is 25.5 Å². The van der Waals surface area contributed by atoms with Crippen molar-refractivity contribution in [1.29, 1.82) is 0 Å². The molecule has 1 saturated heterocycles. The van der Waals surface area contributed by atoms with Gasteiger partial charge in [-0.2, -0.15) is 5.10 Å². The molecule has 10 heteroatoms. The number of aliphatic hydroxyl groups is 1. The summed E-state index contributed by atoms with van der Waals surface area (Å²) in [5.41, 5.74) is 2.89. The second-order valence-corrected chi connectivity index (χ2v) is 7.86. The average molecular weight is 426 g/mol. The second kappa shape index (κ2) is 7.35. The predicted molar refractivity (Wildman–Crippen MR) is 112 cm³/mol. The van der Waals surface area contributed by atoms with Gasteiger partial charge in [0.2, 0.25) is 5.95 Å². The fourth-order valence-electron chi connectivity index (χ4n) is 3.49. The van der Waals surface area contributed by atoms with E-state index in [2.05, 4.69) is 30.4 Å². The number of hydrogen-bond donors (Lipinski definition) is 3. The third-order valence-corrected chi connectivity index (χ3v) is 5.54. The van der Waals surface area contributed by atoms with E-state index in [0.29, 0.717) is 30.7 Å². The Bertz CT molecular complexity index is 1200. The molecular weight excluding hydrogens is 406 g/mol. The van der Waals surface area contributed by atoms with Crippen LogP contribution in [0.25, 0.3) is 22.3 Å². The highest BCUT2D eigenvalue weighted by Crippen LogP contribution is 2.36. The Labute approximate surface area is 177 Å². The summed E-state index contributed by atoms with van der Waals surface area (Å²) in [6, 6.07) is 3.86. The van der Waals surface area contributed by atoms with Crippen molar-refractivity contribution >= 4 is 28.6 Å². The summed E-state index contributed by atoms with van der Waals surface area (Å²) in [4.78, 5) is 16.3. The summed E-state index contributed by atoms with van der Waals surface area (Å²) >= 11 is 6.29. The van der Waals surface area contributed by atoms with Crippen LogP contribution in [0.4, 0.5) is 5.95 Å². The van der Waals surface area contributed by atoms with Crippen molar-refractivity contribution in [3.63, 3.8) is 0 Å². The van der Waals surface area contributed by atoms with Gasteiger partial charge in [0.1, 0.15) is 11.2 Å². The maximum atomic E-state index is 9.45. The molecule has 0 spiro atoms. The van der Waals surface area contributed by atoms with Crippen molar-refractivity contribution in [3.8, 4) is 11.3 Å². The van der Waals surface area contributed by atoms with Gasteiger partial charge in [0.05, 0.1) is 36.2 Å². The number of aromatic nitrogens is 6. The Balaban J connectivity index is 1.47. The molecule has 0 aromatic carbocycles. The number of H-pyrrole nitrogens is 1. The highest BCUT2D eigenvalue weighted by molar-refractivity contribution is 6.35. The first-order valence-electron chi connectivity index (χ1n) is 9.56. The summed E-state index contributed by atoms with van der Waals surface area (Å²) in [5.74, 6) is 0.458. The number of nitrogens with zero attached hydrogens (tertiary/aromatic N) is 5. The lowest BCUT2D eigenvalue weighted by atomic mass is 9.89. The molecule has 1 aliphatic rings. The molecular formula is C20H20ClN7O2. The minimum Gasteiger partial charge on any atom is -0.392 e. The molecule has 9 nitrogen and oxygen atoms in total. The van der Waals surface area contributed by atoms with Gasteiger partial charge in [0, 0.05) is 47.8 Å². The lowest BCUT2D eigenvalue weighted by Gasteiger charge is -2.41. The monoisotopic (exact) mass is 425 g/mol. The SMILES string of the molecule is C[C@H](O)CNc1nccc(-c2cnn(C3(c4cnc5[nH]cc(Cl)c5c4)COC3)c2)n1. The van der Waals surface area contributed by atoms with Crippen molar-refractivity contribution < 1.29 is 9.84 Å². The standard InChI is InChI=1S/C20H20ClN7O2/c1-12(29)5-25-19-22-3-2-17(27-19)13-6-26-28(9-13)20(10-30-11-20)14-4-15-16(21)8-24-18(15)23-7-14/h2-4,6-9,12,29H,5,10-11H2,1H3,(H,23,24)(H,22,25,27)/t12-/m0/s1. The van der Waals surface area contributed by atoms with Gasteiger partial charge in [-0.25, -0.2) is 15.0 Å². The first-order chi connectivity index (χ1) is 14.5. The van der Waals surface area contributed by atoms with Crippen LogP contribution in [0.1, 0.15) is 12.5 Å². The van der Waals surface area contributed by atoms with E-state index in [-0.39, 0.29) is 0 Å². The number of halogens is 1. The fraction of sp³-hybridized carbons (Fsp3) is 0.300. The van der Waals surface area contributed by atoms with Gasteiger partial charge in [-0.05, 0) is 19.1 Å². The first kappa shape index (κ1) is 19.0. The summed E-state index contributed by atoms with van der Waals surface area (Å²) in [6.45, 7) is 3.07. The van der Waals surface area contributed by atoms with Crippen LogP contribution < -0.4 is 5.32 Å². The topological polar surface area (TPSA) is 114 Å². The molecule has 1 fully saturated rings. The average Bonchev–Trinajstić information content (AvgIpc) is 3.34. The van der Waals surface area contributed by atoms with Gasteiger partial charge in [-0.1, -0.05) is 11.6 Å². The van der Waals surface area contributed by atoms with Crippen LogP contribution >= 0.6 is 11.6 Å². The molecule has 5 rings (SSSR count). The van der Waals surface area contributed by atoms with E-state index >= 15 is 0 Å². The molecule has 0 radical (unpaired) electrons. The van der Waals surface area contributed by atoms with Crippen molar-refractivity contribution in [2.24, 2.45) is 0 Å². The van der Waals surface area contributed by atoms with Crippen LogP contribution in [0.5, 0.6) is 0 Å². The number of aromatic amines is 1. The van der Waals surface area contributed by atoms with Gasteiger partial charge in [0.15, 0.2) is 0 Å². The van der Waals surface area contributed by atoms with E-state index < -0.39 is 11.6 Å². The largest absolute Gasteiger partial charge is 0.392 e. The van der Waals surface area contributed by atoms with E-state index in [9.17, 15) is 5.11 Å². The highest BCUT2D eigenvalue weighted by atomic mass is 35.5. The lowest BCUT2D eigenvalue weighted by Crippen LogP contribution is -2.52. The number of pyridine rings is 1. The molecule has 0 saturated carbocycles. The molecule has 1 atom stereocenters. The molecule has 0 aliphatic carbocycles. The van der Waals surface area contributed by atoms with Crippen molar-refractivity contribution in [2.75, 3.05) is 25.1 Å². The summed E-state index contributed by atoms with van der Waals surface area (Å²) in [7, 11) is 0. The Morgan fingerprint density at radius 3 is 3.00 bits per heavy atom. The minimum absolute atomic E-state index is 0.375. The highest BCUT2D eigenvalue weighted by Gasteiger charge is 2.44. The number of aliphatic hydroxyl groups excluding tert-OH is 1. The van der Waals surface area contributed by atoms with E-state index in [4.69, 9.17) is 16.3 Å². The molecule has 1 aliphatic heterocycles. The Kier molecular flexibility index (Phi) is 4.65. The molecule has 5 heterocycles. The van der Waals surface area contributed by atoms with Crippen LogP contribution in [0.3, 0.4) is 0 Å². The van der Waals surface area contributed by atoms with Crippen LogP contribution in [0, 0.1) is 0 Å². The maximum Gasteiger partial charge on any atom is 0.223 e. The zero-order valence-electron chi connectivity index (χ0n) is 16.2. The van der Waals surface area contributed by atoms with Gasteiger partial charge >= 0.3 is 0 Å². The molecule has 3 N–H and O–H groups in total. The third-order valence-electron chi connectivity index (χ3n) is 5.23. The summed E-state index contributed by atoms with van der Waals surface area (Å²) < 4.78 is 7.47. The van der Waals surface area contributed by atoms with Crippen LogP contribution in [-0.2, 0) is 10.3 Å². The predicted octanol–water partition coefficient (Wildman–Crippen LogP) is 2.44. The fourth-order valence-corrected chi connectivity index (χ4v) is 3.68. The van der Waals surface area contributed by atoms with E-state index in [1.165, 1.54) is 0 Å². The van der Waals surface area contributed by atoms with Gasteiger partial charge in [-0.15, -0.1) is 0 Å². The van der Waals surface area contributed by atoms with E-state index in [0.717, 1.165) is 27.9 Å². The van der Waals surface area contributed by atoms with Gasteiger partial charge < -0.3 is 20.1 Å². The van der Waals surface area contributed by atoms with Crippen LogP contribution in [0.15, 0.2) is 43.1 Å². The van der Waals surface area contributed by atoms with Gasteiger partial charge in [0.25, 0.3) is 0 Å². The third kappa shape index (κ3) is 3.20.